The summed E-state index contributed by atoms with van der Waals surface area (Å²) in [5.41, 5.74) is 0.449. The van der Waals surface area contributed by atoms with Crippen LogP contribution in [0.15, 0.2) is 0 Å². The van der Waals surface area contributed by atoms with Crippen LogP contribution in [0.3, 0.4) is 0 Å². The summed E-state index contributed by atoms with van der Waals surface area (Å²) >= 11 is 0. The van der Waals surface area contributed by atoms with Crippen molar-refractivity contribution in [2.45, 2.75) is 126 Å². The van der Waals surface area contributed by atoms with E-state index in [2.05, 4.69) is 74.1 Å². The molecule has 0 aromatic carbocycles. The van der Waals surface area contributed by atoms with Gasteiger partial charge < -0.3 is 14.7 Å². The van der Waals surface area contributed by atoms with E-state index in [0.717, 1.165) is 58.5 Å². The van der Waals surface area contributed by atoms with Crippen LogP contribution >= 0.6 is 0 Å². The zero-order valence-corrected chi connectivity index (χ0v) is 25.4. The minimum atomic E-state index is -0.670. The second-order valence-electron chi connectivity index (χ2n) is 16.0. The van der Waals surface area contributed by atoms with E-state index in [1.807, 2.05) is 4.90 Å². The predicted molar refractivity (Wildman–Crippen MR) is 149 cm³/mol. The molecule has 2 saturated heterocycles. The highest BCUT2D eigenvalue weighted by Gasteiger charge is 2.59. The van der Waals surface area contributed by atoms with Crippen molar-refractivity contribution in [3.63, 3.8) is 0 Å². The van der Waals surface area contributed by atoms with Gasteiger partial charge in [-0.1, -0.05) is 61.8 Å². The molecule has 210 valence electrons. The van der Waals surface area contributed by atoms with Crippen LogP contribution in [-0.4, -0.2) is 65.4 Å². The van der Waals surface area contributed by atoms with Gasteiger partial charge in [-0.05, 0) is 80.1 Å². The lowest BCUT2D eigenvalue weighted by Crippen LogP contribution is -2.50. The Morgan fingerprint density at radius 3 is 2.14 bits per heavy atom. The monoisotopic (exact) mass is 506 g/mol. The number of hydrogen-bond donors (Lipinski definition) is 1. The van der Waals surface area contributed by atoms with Gasteiger partial charge in [0.1, 0.15) is 6.23 Å². The van der Waals surface area contributed by atoms with Gasteiger partial charge in [0, 0.05) is 31.0 Å². The Bertz CT molecular complexity index is 762. The van der Waals surface area contributed by atoms with Gasteiger partial charge in [-0.2, -0.15) is 0 Å². The molecule has 4 atom stereocenters. The number of likely N-dealkylation sites (tertiary alicyclic amines) is 1. The first kappa shape index (κ1) is 29.9. The molecule has 0 radical (unpaired) electrons. The minimum Gasteiger partial charge on any atom is -0.379 e. The Labute approximate surface area is 222 Å². The fraction of sp³-hybridized carbons (Fsp3) is 0.968. The molecule has 2 heterocycles. The van der Waals surface area contributed by atoms with Crippen LogP contribution in [0, 0.1) is 33.5 Å². The van der Waals surface area contributed by atoms with Gasteiger partial charge in [0.15, 0.2) is 0 Å². The summed E-state index contributed by atoms with van der Waals surface area (Å²) in [6, 6.07) is 0. The second-order valence-corrected chi connectivity index (χ2v) is 16.0. The standard InChI is InChI=1S/C31H58N2O3/c1-27(2,3)24-21-31(24,10)22-29(6,7)23-20-25(34)33(26(23)35)30(8,9)13-11-12-28(4,5)14-15-32-16-18-36-19-17-32/h23-25,34H,11-22H2,1-10H3. The van der Waals surface area contributed by atoms with Crippen LogP contribution in [0.2, 0.25) is 0 Å². The largest absolute Gasteiger partial charge is 0.379 e. The summed E-state index contributed by atoms with van der Waals surface area (Å²) < 4.78 is 5.48. The van der Waals surface area contributed by atoms with E-state index in [0.29, 0.717) is 23.2 Å². The first-order chi connectivity index (χ1) is 16.4. The number of aliphatic hydroxyl groups is 1. The topological polar surface area (TPSA) is 53.0 Å². The van der Waals surface area contributed by atoms with Crippen LogP contribution in [0.4, 0.5) is 0 Å². The van der Waals surface area contributed by atoms with E-state index in [9.17, 15) is 9.90 Å². The van der Waals surface area contributed by atoms with Crippen molar-refractivity contribution < 1.29 is 14.6 Å². The highest BCUT2D eigenvalue weighted by Crippen LogP contribution is 2.66. The maximum Gasteiger partial charge on any atom is 0.228 e. The van der Waals surface area contributed by atoms with Crippen molar-refractivity contribution in [2.24, 2.45) is 33.5 Å². The summed E-state index contributed by atoms with van der Waals surface area (Å²) in [7, 11) is 0. The van der Waals surface area contributed by atoms with Crippen molar-refractivity contribution >= 4 is 5.91 Å². The number of amides is 1. The highest BCUT2D eigenvalue weighted by atomic mass is 16.5. The third-order valence-electron chi connectivity index (χ3n) is 9.98. The molecule has 5 heteroatoms. The molecule has 1 saturated carbocycles. The molecule has 0 bridgehead atoms. The van der Waals surface area contributed by atoms with E-state index >= 15 is 0 Å². The van der Waals surface area contributed by atoms with Gasteiger partial charge in [-0.3, -0.25) is 9.69 Å². The second kappa shape index (κ2) is 10.5. The van der Waals surface area contributed by atoms with Crippen LogP contribution in [0.5, 0.6) is 0 Å². The maximum absolute atomic E-state index is 13.8. The number of aliphatic hydroxyl groups excluding tert-OH is 1. The van der Waals surface area contributed by atoms with Gasteiger partial charge in [-0.15, -0.1) is 0 Å². The van der Waals surface area contributed by atoms with Crippen molar-refractivity contribution in [3.8, 4) is 0 Å². The number of nitrogens with zero attached hydrogens (tertiary/aromatic N) is 2. The molecule has 0 aromatic rings. The summed E-state index contributed by atoms with van der Waals surface area (Å²) in [6.45, 7) is 28.0. The molecule has 1 N–H and O–H groups in total. The number of carbonyl (C=O) groups is 1. The molecule has 1 amide bonds. The van der Waals surface area contributed by atoms with Gasteiger partial charge in [-0.25, -0.2) is 0 Å². The number of ether oxygens (including phenoxy) is 1. The molecular formula is C31H58N2O3. The lowest BCUT2D eigenvalue weighted by Gasteiger charge is -2.40. The summed E-state index contributed by atoms with van der Waals surface area (Å²) in [5, 5.41) is 11.1. The van der Waals surface area contributed by atoms with Gasteiger partial charge in [0.2, 0.25) is 5.91 Å². The Balaban J connectivity index is 1.54. The molecule has 3 fully saturated rings. The first-order valence-electron chi connectivity index (χ1n) is 14.7. The minimum absolute atomic E-state index is 0.102. The Hall–Kier alpha value is -0.650. The summed E-state index contributed by atoms with van der Waals surface area (Å²) in [6.07, 6.45) is 6.51. The van der Waals surface area contributed by atoms with Crippen molar-refractivity contribution in [1.82, 2.24) is 9.80 Å². The molecule has 3 aliphatic rings. The van der Waals surface area contributed by atoms with E-state index in [4.69, 9.17) is 4.74 Å². The first-order valence-corrected chi connectivity index (χ1v) is 14.7. The number of morpholine rings is 1. The summed E-state index contributed by atoms with van der Waals surface area (Å²) in [5.74, 6) is 0.778. The highest BCUT2D eigenvalue weighted by molar-refractivity contribution is 5.82. The lowest BCUT2D eigenvalue weighted by molar-refractivity contribution is -0.146. The molecule has 3 rings (SSSR count). The van der Waals surface area contributed by atoms with E-state index in [-0.39, 0.29) is 28.2 Å². The molecule has 1 aliphatic carbocycles. The third-order valence-corrected chi connectivity index (χ3v) is 9.98. The van der Waals surface area contributed by atoms with Crippen molar-refractivity contribution in [2.75, 3.05) is 32.8 Å². The third kappa shape index (κ3) is 7.05. The van der Waals surface area contributed by atoms with Crippen LogP contribution in [0.25, 0.3) is 0 Å². The molecular weight excluding hydrogens is 448 g/mol. The maximum atomic E-state index is 13.8. The molecule has 4 unspecified atom stereocenters. The lowest BCUT2D eigenvalue weighted by atomic mass is 9.69. The van der Waals surface area contributed by atoms with Crippen LogP contribution in [-0.2, 0) is 9.53 Å². The van der Waals surface area contributed by atoms with E-state index in [1.54, 1.807) is 0 Å². The van der Waals surface area contributed by atoms with Crippen LogP contribution < -0.4 is 0 Å². The fourth-order valence-corrected chi connectivity index (χ4v) is 7.74. The van der Waals surface area contributed by atoms with Crippen LogP contribution in [0.1, 0.15) is 114 Å². The Morgan fingerprint density at radius 1 is 0.972 bits per heavy atom. The van der Waals surface area contributed by atoms with Crippen molar-refractivity contribution in [1.29, 1.82) is 0 Å². The van der Waals surface area contributed by atoms with Crippen molar-refractivity contribution in [3.05, 3.63) is 0 Å². The molecule has 0 aromatic heterocycles. The smallest absolute Gasteiger partial charge is 0.228 e. The van der Waals surface area contributed by atoms with Gasteiger partial charge in [0.05, 0.1) is 13.2 Å². The number of hydrogen-bond acceptors (Lipinski definition) is 4. The quantitative estimate of drug-likeness (QED) is 0.355. The Morgan fingerprint density at radius 2 is 1.58 bits per heavy atom. The number of rotatable bonds is 11. The number of carbonyl (C=O) groups excluding carboxylic acids is 1. The zero-order chi connectivity index (χ0) is 27.2. The average molecular weight is 507 g/mol. The zero-order valence-electron chi connectivity index (χ0n) is 25.4. The molecule has 36 heavy (non-hydrogen) atoms. The summed E-state index contributed by atoms with van der Waals surface area (Å²) in [4.78, 5) is 18.1. The molecule has 0 spiro atoms. The Kier molecular flexibility index (Phi) is 8.71. The van der Waals surface area contributed by atoms with Gasteiger partial charge in [0.25, 0.3) is 0 Å². The van der Waals surface area contributed by atoms with E-state index < -0.39 is 6.23 Å². The normalized spacial score (nSPS) is 30.8. The van der Waals surface area contributed by atoms with E-state index in [1.165, 1.54) is 12.8 Å². The fourth-order valence-electron chi connectivity index (χ4n) is 7.74. The molecule has 2 aliphatic heterocycles. The van der Waals surface area contributed by atoms with Gasteiger partial charge >= 0.3 is 0 Å². The predicted octanol–water partition coefficient (Wildman–Crippen LogP) is 6.34. The average Bonchev–Trinajstić information content (AvgIpc) is 3.30. The SMILES string of the molecule is CC(C)(CCCC(C)(C)N1C(=O)C(C(C)(C)CC2(C)CC2C(C)(C)C)CC1O)CCN1CCOCC1. The molecule has 5 nitrogen and oxygen atoms in total.